The lowest BCUT2D eigenvalue weighted by Crippen LogP contribution is -2.30. The quantitative estimate of drug-likeness (QED) is 0.560. The molecule has 1 atom stereocenters. The smallest absolute Gasteiger partial charge is 0.124 e. The van der Waals surface area contributed by atoms with Gasteiger partial charge in [-0.3, -0.25) is 4.98 Å². The second-order valence-electron chi connectivity index (χ2n) is 7.97. The number of ether oxygens (including phenoxy) is 2. The van der Waals surface area contributed by atoms with E-state index in [9.17, 15) is 0 Å². The Balaban J connectivity index is 1.77. The molecule has 1 aliphatic rings. The predicted octanol–water partition coefficient (Wildman–Crippen LogP) is 3.79. The van der Waals surface area contributed by atoms with E-state index in [1.54, 1.807) is 14.2 Å². The highest BCUT2D eigenvalue weighted by Gasteiger charge is 2.20. The van der Waals surface area contributed by atoms with Crippen LogP contribution in [0.25, 0.3) is 16.5 Å². The maximum atomic E-state index is 5.50. The molecule has 0 aliphatic carbocycles. The zero-order chi connectivity index (χ0) is 22.7. The average molecular weight is 434 g/mol. The summed E-state index contributed by atoms with van der Waals surface area (Å²) in [6.07, 6.45) is 4.08. The van der Waals surface area contributed by atoms with Crippen molar-refractivity contribution in [1.82, 2.24) is 20.7 Å². The van der Waals surface area contributed by atoms with Gasteiger partial charge in [-0.05, 0) is 49.4 Å². The van der Waals surface area contributed by atoms with Crippen molar-refractivity contribution in [1.29, 1.82) is 0 Å². The van der Waals surface area contributed by atoms with Crippen LogP contribution in [-0.4, -0.2) is 57.4 Å². The Hall–Kier alpha value is -3.29. The molecule has 2 heterocycles. The van der Waals surface area contributed by atoms with Crippen molar-refractivity contribution in [2.24, 2.45) is 0 Å². The topological polar surface area (TPSA) is 61.9 Å². The highest BCUT2D eigenvalue weighted by Crippen LogP contribution is 2.34. The summed E-state index contributed by atoms with van der Waals surface area (Å²) in [7, 11) is 7.32. The predicted molar refractivity (Wildman–Crippen MR) is 131 cm³/mol. The standard InChI is InChI=1S/C25H31N5O2/c1-17-24(16-29(3)28-17)19-10-18-11-20(6-7-25(18)27-15-19)30(9-8-26-2)21-12-22(31-4)14-23(13-21)32-5/h6-7,10-17,26,28H,8-9H2,1-5H3. The molecule has 0 radical (unpaired) electrons. The third-order valence-corrected chi connectivity index (χ3v) is 5.74. The minimum atomic E-state index is 0.249. The van der Waals surface area contributed by atoms with Crippen molar-refractivity contribution < 1.29 is 9.47 Å². The summed E-state index contributed by atoms with van der Waals surface area (Å²) in [5.41, 5.74) is 8.82. The van der Waals surface area contributed by atoms with Crippen molar-refractivity contribution in [3.8, 4) is 11.5 Å². The van der Waals surface area contributed by atoms with Gasteiger partial charge in [0.25, 0.3) is 0 Å². The van der Waals surface area contributed by atoms with E-state index in [1.165, 1.54) is 5.57 Å². The molecule has 0 amide bonds. The number of likely N-dealkylation sites (N-methyl/N-ethyl adjacent to an activating group) is 1. The molecule has 7 nitrogen and oxygen atoms in total. The van der Waals surface area contributed by atoms with Crippen molar-refractivity contribution in [3.05, 3.63) is 60.4 Å². The van der Waals surface area contributed by atoms with Crippen LogP contribution in [0.1, 0.15) is 12.5 Å². The fourth-order valence-corrected chi connectivity index (χ4v) is 4.08. The minimum absolute atomic E-state index is 0.249. The van der Waals surface area contributed by atoms with Crippen LogP contribution < -0.4 is 25.1 Å². The molecule has 0 fully saturated rings. The van der Waals surface area contributed by atoms with Gasteiger partial charge in [0.15, 0.2) is 0 Å². The van der Waals surface area contributed by atoms with Gasteiger partial charge in [0.05, 0.1) is 25.8 Å². The lowest BCUT2D eigenvalue weighted by Gasteiger charge is -2.26. The molecule has 1 aromatic heterocycles. The molecule has 1 aliphatic heterocycles. The third-order valence-electron chi connectivity index (χ3n) is 5.74. The summed E-state index contributed by atoms with van der Waals surface area (Å²) in [5.74, 6) is 1.52. The molecule has 0 bridgehead atoms. The molecule has 2 N–H and O–H groups in total. The van der Waals surface area contributed by atoms with Gasteiger partial charge in [-0.2, -0.15) is 0 Å². The summed E-state index contributed by atoms with van der Waals surface area (Å²) >= 11 is 0. The number of aromatic nitrogens is 1. The number of fused-ring (bicyclic) bond motifs is 1. The fraction of sp³-hybridized carbons (Fsp3) is 0.320. The van der Waals surface area contributed by atoms with Crippen molar-refractivity contribution in [3.63, 3.8) is 0 Å². The fourth-order valence-electron chi connectivity index (χ4n) is 4.08. The number of benzene rings is 2. The normalized spacial score (nSPS) is 15.7. The first kappa shape index (κ1) is 21.9. The first-order valence-electron chi connectivity index (χ1n) is 10.8. The summed E-state index contributed by atoms with van der Waals surface area (Å²) < 4.78 is 11.0. The van der Waals surface area contributed by atoms with E-state index in [0.29, 0.717) is 0 Å². The number of nitrogens with zero attached hydrogens (tertiary/aromatic N) is 3. The zero-order valence-electron chi connectivity index (χ0n) is 19.3. The average Bonchev–Trinajstić information content (AvgIpc) is 3.16. The molecular formula is C25H31N5O2. The highest BCUT2D eigenvalue weighted by atomic mass is 16.5. The van der Waals surface area contributed by atoms with Gasteiger partial charge >= 0.3 is 0 Å². The lowest BCUT2D eigenvalue weighted by atomic mass is 10.0. The summed E-state index contributed by atoms with van der Waals surface area (Å²) in [6, 6.07) is 14.8. The van der Waals surface area contributed by atoms with E-state index in [1.807, 2.05) is 43.5 Å². The Morgan fingerprint density at radius 1 is 1.06 bits per heavy atom. The molecule has 1 unspecified atom stereocenters. The highest BCUT2D eigenvalue weighted by molar-refractivity contribution is 5.87. The zero-order valence-corrected chi connectivity index (χ0v) is 19.3. The molecular weight excluding hydrogens is 402 g/mol. The second kappa shape index (κ2) is 9.46. The molecule has 7 heteroatoms. The molecule has 168 valence electrons. The molecule has 3 aromatic rings. The van der Waals surface area contributed by atoms with E-state index in [0.717, 1.165) is 52.4 Å². The molecule has 32 heavy (non-hydrogen) atoms. The third kappa shape index (κ3) is 4.49. The molecule has 2 aromatic carbocycles. The first-order chi connectivity index (χ1) is 15.5. The van der Waals surface area contributed by atoms with E-state index >= 15 is 0 Å². The number of rotatable bonds is 8. The van der Waals surface area contributed by atoms with Crippen LogP contribution in [0.2, 0.25) is 0 Å². The van der Waals surface area contributed by atoms with Gasteiger partial charge in [0.1, 0.15) is 11.5 Å². The largest absolute Gasteiger partial charge is 0.497 e. The van der Waals surface area contributed by atoms with Crippen LogP contribution in [0, 0.1) is 0 Å². The molecule has 0 spiro atoms. The van der Waals surface area contributed by atoms with Gasteiger partial charge in [-0.1, -0.05) is 0 Å². The summed E-state index contributed by atoms with van der Waals surface area (Å²) in [4.78, 5) is 6.98. The number of methoxy groups -OCH3 is 2. The van der Waals surface area contributed by atoms with E-state index in [-0.39, 0.29) is 6.04 Å². The Morgan fingerprint density at radius 2 is 1.81 bits per heavy atom. The molecule has 0 saturated carbocycles. The molecule has 0 saturated heterocycles. The van der Waals surface area contributed by atoms with Gasteiger partial charge < -0.3 is 24.7 Å². The minimum Gasteiger partial charge on any atom is -0.497 e. The summed E-state index contributed by atoms with van der Waals surface area (Å²) in [5, 5.41) is 6.35. The Morgan fingerprint density at radius 3 is 2.44 bits per heavy atom. The van der Waals surface area contributed by atoms with Crippen molar-refractivity contribution in [2.75, 3.05) is 46.3 Å². The maximum absolute atomic E-state index is 5.50. The Kier molecular flexibility index (Phi) is 6.48. The van der Waals surface area contributed by atoms with Crippen LogP contribution >= 0.6 is 0 Å². The number of anilines is 2. The SMILES string of the molecule is CNCCN(c1cc(OC)cc(OC)c1)c1ccc2ncc(C3=CN(C)NC3C)cc2c1. The van der Waals surface area contributed by atoms with Crippen molar-refractivity contribution >= 4 is 27.9 Å². The van der Waals surface area contributed by atoms with E-state index in [4.69, 9.17) is 14.5 Å². The number of hydrogen-bond acceptors (Lipinski definition) is 7. The van der Waals surface area contributed by atoms with Crippen molar-refractivity contribution in [2.45, 2.75) is 13.0 Å². The van der Waals surface area contributed by atoms with Gasteiger partial charge in [-0.15, -0.1) is 0 Å². The van der Waals surface area contributed by atoms with Crippen LogP contribution in [0.5, 0.6) is 11.5 Å². The maximum Gasteiger partial charge on any atom is 0.124 e. The van der Waals surface area contributed by atoms with E-state index < -0.39 is 0 Å². The number of nitrogens with one attached hydrogen (secondary N) is 2. The number of hydrogen-bond donors (Lipinski definition) is 2. The molecule has 4 rings (SSSR count). The lowest BCUT2D eigenvalue weighted by molar-refractivity contribution is 0.340. The summed E-state index contributed by atoms with van der Waals surface area (Å²) in [6.45, 7) is 3.78. The number of pyridine rings is 1. The van der Waals surface area contributed by atoms with Gasteiger partial charge in [-0.25, -0.2) is 5.43 Å². The Labute approximate surface area is 189 Å². The van der Waals surface area contributed by atoms with E-state index in [2.05, 4.69) is 53.0 Å². The van der Waals surface area contributed by atoms with Crippen LogP contribution in [0.15, 0.2) is 54.9 Å². The first-order valence-corrected chi connectivity index (χ1v) is 10.8. The Bertz CT molecular complexity index is 1110. The van der Waals surface area contributed by atoms with Crippen LogP contribution in [0.3, 0.4) is 0 Å². The number of hydrazine groups is 1. The van der Waals surface area contributed by atoms with Gasteiger partial charge in [0, 0.05) is 67.5 Å². The monoisotopic (exact) mass is 433 g/mol. The second-order valence-corrected chi connectivity index (χ2v) is 7.97. The van der Waals surface area contributed by atoms with Gasteiger partial charge in [0.2, 0.25) is 0 Å². The van der Waals surface area contributed by atoms with Crippen LogP contribution in [-0.2, 0) is 0 Å². The van der Waals surface area contributed by atoms with Crippen LogP contribution in [0.4, 0.5) is 11.4 Å².